The second kappa shape index (κ2) is 5.45. The lowest BCUT2D eigenvalue weighted by molar-refractivity contribution is 0.707. The highest BCUT2D eigenvalue weighted by atomic mass is 127. The molecule has 2 heterocycles. The van der Waals surface area contributed by atoms with Crippen LogP contribution in [0.1, 0.15) is 0 Å². The van der Waals surface area contributed by atoms with Crippen molar-refractivity contribution in [2.45, 2.75) is 8.88 Å². The SMILES string of the molecule is BrC1NCCN(c2cccnc2)CC1I. The summed E-state index contributed by atoms with van der Waals surface area (Å²) >= 11 is 6.12. The molecule has 2 unspecified atom stereocenters. The van der Waals surface area contributed by atoms with Gasteiger partial charge in [-0.25, -0.2) is 0 Å². The van der Waals surface area contributed by atoms with Gasteiger partial charge in [0.2, 0.25) is 0 Å². The maximum absolute atomic E-state index is 4.16. The summed E-state index contributed by atoms with van der Waals surface area (Å²) in [5.74, 6) is 0. The van der Waals surface area contributed by atoms with Crippen molar-refractivity contribution in [3.63, 3.8) is 0 Å². The predicted molar refractivity (Wildman–Crippen MR) is 75.0 cm³/mol. The lowest BCUT2D eigenvalue weighted by Gasteiger charge is -2.23. The summed E-state index contributed by atoms with van der Waals surface area (Å²) in [6.07, 6.45) is 3.74. The Bertz CT molecular complexity index is 309. The fourth-order valence-corrected chi connectivity index (χ4v) is 2.76. The highest BCUT2D eigenvalue weighted by Gasteiger charge is 2.22. The molecule has 2 rings (SSSR count). The molecule has 5 heteroatoms. The molecule has 15 heavy (non-hydrogen) atoms. The number of aromatic nitrogens is 1. The van der Waals surface area contributed by atoms with Gasteiger partial charge in [0.05, 0.1) is 20.8 Å². The lowest BCUT2D eigenvalue weighted by atomic mass is 10.3. The summed E-state index contributed by atoms with van der Waals surface area (Å²) in [6, 6.07) is 4.10. The van der Waals surface area contributed by atoms with E-state index in [1.165, 1.54) is 5.69 Å². The Morgan fingerprint density at radius 2 is 2.47 bits per heavy atom. The minimum absolute atomic E-state index is 0.403. The average molecular weight is 382 g/mol. The molecule has 1 aliphatic rings. The van der Waals surface area contributed by atoms with Crippen molar-refractivity contribution in [3.05, 3.63) is 24.5 Å². The van der Waals surface area contributed by atoms with Crippen LogP contribution in [0.3, 0.4) is 0 Å². The predicted octanol–water partition coefficient (Wildman–Crippen LogP) is 2.02. The zero-order chi connectivity index (χ0) is 10.7. The van der Waals surface area contributed by atoms with Crippen molar-refractivity contribution in [2.24, 2.45) is 0 Å². The largest absolute Gasteiger partial charge is 0.368 e. The van der Waals surface area contributed by atoms with Crippen molar-refractivity contribution in [2.75, 3.05) is 24.5 Å². The van der Waals surface area contributed by atoms with Crippen LogP contribution in [0.4, 0.5) is 5.69 Å². The third kappa shape index (κ3) is 3.04. The van der Waals surface area contributed by atoms with Gasteiger partial charge in [0, 0.05) is 25.8 Å². The zero-order valence-corrected chi connectivity index (χ0v) is 12.0. The minimum Gasteiger partial charge on any atom is -0.368 e. The number of pyridine rings is 1. The topological polar surface area (TPSA) is 28.2 Å². The molecule has 1 aromatic heterocycles. The monoisotopic (exact) mass is 381 g/mol. The zero-order valence-electron chi connectivity index (χ0n) is 8.24. The highest BCUT2D eigenvalue weighted by Crippen LogP contribution is 2.20. The third-order valence-corrected chi connectivity index (χ3v) is 5.51. The smallest absolute Gasteiger partial charge is 0.0767 e. The van der Waals surface area contributed by atoms with E-state index in [1.807, 2.05) is 18.5 Å². The summed E-state index contributed by atoms with van der Waals surface area (Å²) in [6.45, 7) is 3.09. The van der Waals surface area contributed by atoms with Crippen molar-refractivity contribution in [1.29, 1.82) is 0 Å². The Hall–Kier alpha value is 0.120. The van der Waals surface area contributed by atoms with Crippen LogP contribution in [0.5, 0.6) is 0 Å². The molecule has 1 fully saturated rings. The van der Waals surface area contributed by atoms with E-state index in [0.717, 1.165) is 19.6 Å². The second-order valence-electron chi connectivity index (χ2n) is 3.53. The molecular formula is C10H13BrIN3. The normalized spacial score (nSPS) is 27.5. The molecule has 0 amide bonds. The number of rotatable bonds is 1. The van der Waals surface area contributed by atoms with Crippen molar-refractivity contribution >= 4 is 44.2 Å². The number of nitrogens with zero attached hydrogens (tertiary/aromatic N) is 2. The maximum Gasteiger partial charge on any atom is 0.0767 e. The number of hydrogen-bond acceptors (Lipinski definition) is 3. The van der Waals surface area contributed by atoms with E-state index in [1.54, 1.807) is 0 Å². The van der Waals surface area contributed by atoms with Gasteiger partial charge in [0.25, 0.3) is 0 Å². The first-order chi connectivity index (χ1) is 7.27. The van der Waals surface area contributed by atoms with Crippen molar-refractivity contribution in [1.82, 2.24) is 10.3 Å². The first kappa shape index (κ1) is 11.6. The Labute approximate surface area is 112 Å². The van der Waals surface area contributed by atoms with Crippen LogP contribution in [0, 0.1) is 0 Å². The summed E-state index contributed by atoms with van der Waals surface area (Å²) in [5, 5.41) is 3.44. The van der Waals surface area contributed by atoms with E-state index in [-0.39, 0.29) is 0 Å². The van der Waals surface area contributed by atoms with Crippen LogP contribution in [0.15, 0.2) is 24.5 Å². The molecular weight excluding hydrogens is 369 g/mol. The van der Waals surface area contributed by atoms with E-state index in [4.69, 9.17) is 0 Å². The Morgan fingerprint density at radius 3 is 3.20 bits per heavy atom. The van der Waals surface area contributed by atoms with Crippen LogP contribution in [-0.2, 0) is 0 Å². The Kier molecular flexibility index (Phi) is 4.21. The molecule has 0 aromatic carbocycles. The number of halogens is 2. The van der Waals surface area contributed by atoms with Crippen molar-refractivity contribution < 1.29 is 0 Å². The molecule has 1 aliphatic heterocycles. The van der Waals surface area contributed by atoms with Gasteiger partial charge in [-0.2, -0.15) is 0 Å². The molecule has 3 nitrogen and oxygen atoms in total. The van der Waals surface area contributed by atoms with Gasteiger partial charge in [-0.05, 0) is 12.1 Å². The van der Waals surface area contributed by atoms with E-state index >= 15 is 0 Å². The maximum atomic E-state index is 4.16. The van der Waals surface area contributed by atoms with Gasteiger partial charge in [0.1, 0.15) is 0 Å². The summed E-state index contributed by atoms with van der Waals surface area (Å²) < 4.78 is 0.560. The molecule has 1 N–H and O–H groups in total. The quantitative estimate of drug-likeness (QED) is 0.458. The molecule has 0 saturated carbocycles. The van der Waals surface area contributed by atoms with Gasteiger partial charge in [-0.3, -0.25) is 4.98 Å². The molecule has 1 aromatic rings. The second-order valence-corrected chi connectivity index (χ2v) is 6.12. The fraction of sp³-hybridized carbons (Fsp3) is 0.500. The number of anilines is 1. The summed E-state index contributed by atoms with van der Waals surface area (Å²) in [7, 11) is 0. The molecule has 0 bridgehead atoms. The van der Waals surface area contributed by atoms with Crippen molar-refractivity contribution in [3.8, 4) is 0 Å². The molecule has 0 radical (unpaired) electrons. The molecule has 2 atom stereocenters. The third-order valence-electron chi connectivity index (χ3n) is 2.44. The van der Waals surface area contributed by atoms with Gasteiger partial charge < -0.3 is 10.2 Å². The molecule has 1 saturated heterocycles. The minimum atomic E-state index is 0.403. The Balaban J connectivity index is 2.10. The number of hydrogen-bond donors (Lipinski definition) is 1. The van der Waals surface area contributed by atoms with Gasteiger partial charge in [-0.15, -0.1) is 0 Å². The first-order valence-electron chi connectivity index (χ1n) is 4.94. The molecule has 0 spiro atoms. The van der Waals surface area contributed by atoms with Crippen LogP contribution in [0.25, 0.3) is 0 Å². The van der Waals surface area contributed by atoms with E-state index in [9.17, 15) is 0 Å². The standard InChI is InChI=1S/C10H13BrIN3/c11-10-9(12)7-15(5-4-14-10)8-2-1-3-13-6-8/h1-3,6,9-10,14H,4-5,7H2. The number of nitrogens with one attached hydrogen (secondary N) is 1. The van der Waals surface area contributed by atoms with Gasteiger partial charge in [0.15, 0.2) is 0 Å². The van der Waals surface area contributed by atoms with Crippen LogP contribution >= 0.6 is 38.5 Å². The summed E-state index contributed by atoms with van der Waals surface area (Å²) in [5.41, 5.74) is 1.21. The van der Waals surface area contributed by atoms with Crippen LogP contribution in [-0.4, -0.2) is 33.5 Å². The van der Waals surface area contributed by atoms with Crippen LogP contribution < -0.4 is 10.2 Å². The number of alkyl halides is 2. The first-order valence-corrected chi connectivity index (χ1v) is 7.10. The lowest BCUT2D eigenvalue weighted by Crippen LogP contribution is -2.32. The van der Waals surface area contributed by atoms with Gasteiger partial charge in [-0.1, -0.05) is 38.5 Å². The molecule has 82 valence electrons. The van der Waals surface area contributed by atoms with Gasteiger partial charge >= 0.3 is 0 Å². The highest BCUT2D eigenvalue weighted by molar-refractivity contribution is 14.1. The van der Waals surface area contributed by atoms with E-state index in [0.29, 0.717) is 8.88 Å². The fourth-order valence-electron chi connectivity index (χ4n) is 1.63. The molecule has 0 aliphatic carbocycles. The van der Waals surface area contributed by atoms with Crippen LogP contribution in [0.2, 0.25) is 0 Å². The van der Waals surface area contributed by atoms with E-state index in [2.05, 4.69) is 59.8 Å². The summed E-state index contributed by atoms with van der Waals surface area (Å²) in [4.78, 5) is 6.93. The van der Waals surface area contributed by atoms with E-state index < -0.39 is 0 Å². The Morgan fingerprint density at radius 1 is 1.60 bits per heavy atom. The average Bonchev–Trinajstić information content (AvgIpc) is 2.43.